The minimum atomic E-state index is -4.71. The SMILES string of the molecule is CCCSc1ccc2nc(COc3ccccc3)n(Cc3ccc(OC(F)(F)F)cc3)c2c1. The Kier molecular flexibility index (Phi) is 7.13. The van der Waals surface area contributed by atoms with Crippen LogP contribution < -0.4 is 9.47 Å². The van der Waals surface area contributed by atoms with Crippen molar-refractivity contribution in [1.29, 1.82) is 0 Å². The van der Waals surface area contributed by atoms with Crippen LogP contribution in [0.4, 0.5) is 13.2 Å². The molecule has 0 unspecified atom stereocenters. The van der Waals surface area contributed by atoms with Crippen molar-refractivity contribution in [2.45, 2.75) is 37.8 Å². The van der Waals surface area contributed by atoms with Crippen LogP contribution in [-0.4, -0.2) is 21.7 Å². The molecule has 0 aliphatic carbocycles. The number of ether oxygens (including phenoxy) is 2. The summed E-state index contributed by atoms with van der Waals surface area (Å²) in [6.07, 6.45) is -3.64. The summed E-state index contributed by atoms with van der Waals surface area (Å²) >= 11 is 1.78. The molecule has 33 heavy (non-hydrogen) atoms. The number of fused-ring (bicyclic) bond motifs is 1. The summed E-state index contributed by atoms with van der Waals surface area (Å²) in [5.74, 6) is 2.25. The molecule has 0 saturated carbocycles. The van der Waals surface area contributed by atoms with Crippen molar-refractivity contribution in [3.63, 3.8) is 0 Å². The number of hydrogen-bond acceptors (Lipinski definition) is 4. The zero-order valence-corrected chi connectivity index (χ0v) is 18.8. The molecule has 0 fully saturated rings. The predicted molar refractivity (Wildman–Crippen MR) is 124 cm³/mol. The molecule has 1 heterocycles. The van der Waals surface area contributed by atoms with Gasteiger partial charge in [0.1, 0.15) is 23.9 Å². The molecule has 1 aromatic heterocycles. The average molecular weight is 473 g/mol. The molecule has 0 amide bonds. The molecular weight excluding hydrogens is 449 g/mol. The van der Waals surface area contributed by atoms with Gasteiger partial charge in [0.25, 0.3) is 0 Å². The van der Waals surface area contributed by atoms with E-state index in [4.69, 9.17) is 9.72 Å². The van der Waals surface area contributed by atoms with Crippen LogP contribution in [0.1, 0.15) is 24.7 Å². The van der Waals surface area contributed by atoms with Crippen LogP contribution in [0.15, 0.2) is 77.7 Å². The molecule has 0 saturated heterocycles. The second-order valence-electron chi connectivity index (χ2n) is 7.41. The maximum atomic E-state index is 12.5. The van der Waals surface area contributed by atoms with E-state index in [0.29, 0.717) is 6.54 Å². The predicted octanol–water partition coefficient (Wildman–Crippen LogP) is 7.06. The zero-order valence-electron chi connectivity index (χ0n) is 18.0. The molecule has 0 radical (unpaired) electrons. The summed E-state index contributed by atoms with van der Waals surface area (Å²) in [5, 5.41) is 0. The highest BCUT2D eigenvalue weighted by atomic mass is 32.2. The lowest BCUT2D eigenvalue weighted by Crippen LogP contribution is -2.17. The highest BCUT2D eigenvalue weighted by molar-refractivity contribution is 7.99. The Balaban J connectivity index is 1.63. The van der Waals surface area contributed by atoms with E-state index in [1.165, 1.54) is 12.1 Å². The molecule has 0 N–H and O–H groups in total. The molecule has 8 heteroatoms. The molecular formula is C25H23F3N2O2S. The first-order valence-electron chi connectivity index (χ1n) is 10.6. The van der Waals surface area contributed by atoms with E-state index >= 15 is 0 Å². The van der Waals surface area contributed by atoms with Crippen molar-refractivity contribution < 1.29 is 22.6 Å². The lowest BCUT2D eigenvalue weighted by atomic mass is 10.2. The molecule has 172 valence electrons. The van der Waals surface area contributed by atoms with Crippen LogP contribution in [-0.2, 0) is 13.2 Å². The van der Waals surface area contributed by atoms with Crippen LogP contribution >= 0.6 is 11.8 Å². The monoisotopic (exact) mass is 472 g/mol. The zero-order chi connectivity index (χ0) is 23.3. The first kappa shape index (κ1) is 23.0. The fourth-order valence-corrected chi connectivity index (χ4v) is 4.19. The normalized spacial score (nSPS) is 11.6. The molecule has 3 aromatic carbocycles. The van der Waals surface area contributed by atoms with E-state index in [9.17, 15) is 13.2 Å². The van der Waals surface area contributed by atoms with E-state index in [0.717, 1.165) is 45.2 Å². The average Bonchev–Trinajstić information content (AvgIpc) is 3.14. The maximum absolute atomic E-state index is 12.5. The largest absolute Gasteiger partial charge is 0.573 e. The molecule has 0 bridgehead atoms. The summed E-state index contributed by atoms with van der Waals surface area (Å²) in [4.78, 5) is 5.91. The first-order valence-corrected chi connectivity index (χ1v) is 11.5. The number of imidazole rings is 1. The van der Waals surface area contributed by atoms with Gasteiger partial charge in [-0.15, -0.1) is 24.9 Å². The maximum Gasteiger partial charge on any atom is 0.573 e. The Labute approximate surface area is 194 Å². The van der Waals surface area contributed by atoms with Gasteiger partial charge in [-0.2, -0.15) is 0 Å². The highest BCUT2D eigenvalue weighted by Gasteiger charge is 2.31. The Morgan fingerprint density at radius 3 is 2.39 bits per heavy atom. The van der Waals surface area contributed by atoms with Crippen LogP contribution in [0.5, 0.6) is 11.5 Å². The molecule has 0 spiro atoms. The van der Waals surface area contributed by atoms with Gasteiger partial charge in [0.2, 0.25) is 0 Å². The summed E-state index contributed by atoms with van der Waals surface area (Å²) in [5.41, 5.74) is 2.63. The van der Waals surface area contributed by atoms with Crippen molar-refractivity contribution >= 4 is 22.8 Å². The van der Waals surface area contributed by atoms with E-state index in [-0.39, 0.29) is 12.4 Å². The van der Waals surface area contributed by atoms with Gasteiger partial charge in [-0.25, -0.2) is 4.98 Å². The Bertz CT molecular complexity index is 1190. The van der Waals surface area contributed by atoms with Crippen LogP contribution in [0, 0.1) is 0 Å². The summed E-state index contributed by atoms with van der Waals surface area (Å²) in [6.45, 7) is 2.85. The van der Waals surface area contributed by atoms with Crippen LogP contribution in [0.25, 0.3) is 11.0 Å². The number of alkyl halides is 3. The Morgan fingerprint density at radius 2 is 1.70 bits per heavy atom. The Hall–Kier alpha value is -3.13. The van der Waals surface area contributed by atoms with E-state index < -0.39 is 6.36 Å². The van der Waals surface area contributed by atoms with Gasteiger partial charge in [-0.3, -0.25) is 0 Å². The third kappa shape index (κ3) is 6.22. The van der Waals surface area contributed by atoms with Gasteiger partial charge in [-0.05, 0) is 60.2 Å². The number of halogens is 3. The summed E-state index contributed by atoms with van der Waals surface area (Å²) in [6, 6.07) is 21.6. The first-order chi connectivity index (χ1) is 15.9. The lowest BCUT2D eigenvalue weighted by molar-refractivity contribution is -0.274. The fourth-order valence-electron chi connectivity index (χ4n) is 3.39. The van der Waals surface area contributed by atoms with Crippen molar-refractivity contribution in [2.24, 2.45) is 0 Å². The van der Waals surface area contributed by atoms with E-state index in [1.807, 2.05) is 41.0 Å². The van der Waals surface area contributed by atoms with Gasteiger partial charge in [0.15, 0.2) is 0 Å². The van der Waals surface area contributed by atoms with Gasteiger partial charge in [-0.1, -0.05) is 37.3 Å². The molecule has 4 nitrogen and oxygen atoms in total. The van der Waals surface area contributed by atoms with Gasteiger partial charge in [0, 0.05) is 11.4 Å². The number of thioether (sulfide) groups is 1. The molecule has 0 aliphatic heterocycles. The second-order valence-corrected chi connectivity index (χ2v) is 8.57. The number of aromatic nitrogens is 2. The lowest BCUT2D eigenvalue weighted by Gasteiger charge is -2.12. The number of rotatable bonds is 9. The third-order valence-electron chi connectivity index (χ3n) is 4.88. The fraction of sp³-hybridized carbons (Fsp3) is 0.240. The second kappa shape index (κ2) is 10.2. The highest BCUT2D eigenvalue weighted by Crippen LogP contribution is 2.27. The summed E-state index contributed by atoms with van der Waals surface area (Å²) in [7, 11) is 0. The van der Waals surface area contributed by atoms with Crippen molar-refractivity contribution in [3.8, 4) is 11.5 Å². The summed E-state index contributed by atoms with van der Waals surface area (Å²) < 4.78 is 49.4. The van der Waals surface area contributed by atoms with Crippen molar-refractivity contribution in [3.05, 3.63) is 84.2 Å². The van der Waals surface area contributed by atoms with Crippen LogP contribution in [0.3, 0.4) is 0 Å². The topological polar surface area (TPSA) is 36.3 Å². The molecule has 0 aliphatic rings. The van der Waals surface area contributed by atoms with Gasteiger partial charge in [0.05, 0.1) is 11.0 Å². The van der Waals surface area contributed by atoms with Crippen molar-refractivity contribution in [2.75, 3.05) is 5.75 Å². The molecule has 4 aromatic rings. The van der Waals surface area contributed by atoms with Crippen molar-refractivity contribution in [1.82, 2.24) is 9.55 Å². The minimum absolute atomic E-state index is 0.243. The van der Waals surface area contributed by atoms with Gasteiger partial charge < -0.3 is 14.0 Å². The Morgan fingerprint density at radius 1 is 0.939 bits per heavy atom. The number of benzene rings is 3. The number of hydrogen-bond donors (Lipinski definition) is 0. The van der Waals surface area contributed by atoms with Gasteiger partial charge >= 0.3 is 6.36 Å². The minimum Gasteiger partial charge on any atom is -0.486 e. The quantitative estimate of drug-likeness (QED) is 0.244. The van der Waals surface area contributed by atoms with Crippen LogP contribution in [0.2, 0.25) is 0 Å². The number of nitrogens with zero attached hydrogens (tertiary/aromatic N) is 2. The third-order valence-corrected chi connectivity index (χ3v) is 6.08. The smallest absolute Gasteiger partial charge is 0.486 e. The molecule has 4 rings (SSSR count). The van der Waals surface area contributed by atoms with E-state index in [2.05, 4.69) is 23.8 Å². The number of para-hydroxylation sites is 1. The van der Waals surface area contributed by atoms with E-state index in [1.54, 1.807) is 23.9 Å². The standard InChI is InChI=1S/C25H23F3N2O2S/c1-2-14-33-21-12-13-22-23(15-21)30(24(29-22)17-31-19-6-4-3-5-7-19)16-18-8-10-20(11-9-18)32-25(26,27)28/h3-13,15H,2,14,16-17H2,1H3. The molecule has 0 atom stereocenters.